The molecule has 0 radical (unpaired) electrons. The Bertz CT molecular complexity index is 465. The average molecular weight is 209 g/mol. The van der Waals surface area contributed by atoms with Gasteiger partial charge in [-0.1, -0.05) is 35.0 Å². The van der Waals surface area contributed by atoms with Gasteiger partial charge in [0.1, 0.15) is 5.69 Å². The van der Waals surface area contributed by atoms with E-state index in [2.05, 4.69) is 5.16 Å². The molecule has 0 bridgehead atoms. The topological polar surface area (TPSA) is 52.0 Å². The highest BCUT2D eigenvalue weighted by molar-refractivity contribution is 6.33. The van der Waals surface area contributed by atoms with Crippen LogP contribution in [0.1, 0.15) is 5.56 Å². The van der Waals surface area contributed by atoms with Gasteiger partial charge in [-0.05, 0) is 13.0 Å². The van der Waals surface area contributed by atoms with E-state index in [-0.39, 0.29) is 0 Å². The maximum Gasteiger partial charge on any atom is 0.225 e. The first kappa shape index (κ1) is 9.09. The smallest absolute Gasteiger partial charge is 0.225 e. The van der Waals surface area contributed by atoms with E-state index in [0.29, 0.717) is 16.6 Å². The summed E-state index contributed by atoms with van der Waals surface area (Å²) in [5.41, 5.74) is 7.92. The van der Waals surface area contributed by atoms with Crippen molar-refractivity contribution in [3.63, 3.8) is 0 Å². The van der Waals surface area contributed by atoms with E-state index in [1.54, 1.807) is 6.07 Å². The van der Waals surface area contributed by atoms with Crippen molar-refractivity contribution in [1.29, 1.82) is 0 Å². The third kappa shape index (κ3) is 1.36. The second-order valence-electron chi connectivity index (χ2n) is 3.00. The largest absolute Gasteiger partial charge is 0.367 e. The highest BCUT2D eigenvalue weighted by Crippen LogP contribution is 2.31. The van der Waals surface area contributed by atoms with E-state index in [1.807, 2.05) is 25.1 Å². The standard InChI is InChI=1S/C10H9ClN2O/c1-6-9(13-14-10(6)12)7-4-2-3-5-8(7)11/h2-5H,12H2,1H3. The van der Waals surface area contributed by atoms with Crippen molar-refractivity contribution in [3.05, 3.63) is 34.9 Å². The zero-order valence-corrected chi connectivity index (χ0v) is 8.38. The number of aromatic nitrogens is 1. The Morgan fingerprint density at radius 2 is 2.07 bits per heavy atom. The molecule has 14 heavy (non-hydrogen) atoms. The molecule has 0 fully saturated rings. The average Bonchev–Trinajstić information content (AvgIpc) is 2.49. The summed E-state index contributed by atoms with van der Waals surface area (Å²) in [6.45, 7) is 1.85. The SMILES string of the molecule is Cc1c(-c2ccccc2Cl)noc1N. The molecular formula is C10H9ClN2O. The molecule has 2 aromatic rings. The Balaban J connectivity index is 2.60. The van der Waals surface area contributed by atoms with Crippen LogP contribution < -0.4 is 5.73 Å². The molecule has 0 spiro atoms. The number of nitrogens with two attached hydrogens (primary N) is 1. The number of benzene rings is 1. The summed E-state index contributed by atoms with van der Waals surface area (Å²) in [7, 11) is 0. The van der Waals surface area contributed by atoms with Gasteiger partial charge in [0.25, 0.3) is 0 Å². The summed E-state index contributed by atoms with van der Waals surface area (Å²) in [5.74, 6) is 0.333. The molecule has 1 aromatic carbocycles. The monoisotopic (exact) mass is 208 g/mol. The van der Waals surface area contributed by atoms with Crippen molar-refractivity contribution in [2.45, 2.75) is 6.92 Å². The predicted octanol–water partition coefficient (Wildman–Crippen LogP) is 2.89. The highest BCUT2D eigenvalue weighted by atomic mass is 35.5. The van der Waals surface area contributed by atoms with Crippen LogP contribution in [0.5, 0.6) is 0 Å². The Morgan fingerprint density at radius 1 is 1.36 bits per heavy atom. The number of nitrogen functional groups attached to an aromatic ring is 1. The molecule has 2 N–H and O–H groups in total. The summed E-state index contributed by atoms with van der Waals surface area (Å²) >= 11 is 6.02. The number of anilines is 1. The number of nitrogens with zero attached hydrogens (tertiary/aromatic N) is 1. The fourth-order valence-electron chi connectivity index (χ4n) is 1.25. The molecule has 0 aliphatic heterocycles. The molecular weight excluding hydrogens is 200 g/mol. The highest BCUT2D eigenvalue weighted by Gasteiger charge is 2.12. The first-order valence-electron chi connectivity index (χ1n) is 4.17. The molecule has 0 amide bonds. The van der Waals surface area contributed by atoms with Gasteiger partial charge in [-0.25, -0.2) is 0 Å². The van der Waals surface area contributed by atoms with Crippen molar-refractivity contribution in [3.8, 4) is 11.3 Å². The molecule has 0 aliphatic carbocycles. The van der Waals surface area contributed by atoms with Crippen LogP contribution >= 0.6 is 11.6 Å². The van der Waals surface area contributed by atoms with Crippen molar-refractivity contribution in [2.24, 2.45) is 0 Å². The minimum Gasteiger partial charge on any atom is -0.367 e. The summed E-state index contributed by atoms with van der Waals surface area (Å²) < 4.78 is 4.87. The van der Waals surface area contributed by atoms with Gasteiger partial charge in [-0.15, -0.1) is 0 Å². The van der Waals surface area contributed by atoms with E-state index in [4.69, 9.17) is 21.9 Å². The van der Waals surface area contributed by atoms with E-state index in [0.717, 1.165) is 11.1 Å². The molecule has 72 valence electrons. The summed E-state index contributed by atoms with van der Waals surface area (Å²) in [6, 6.07) is 7.45. The van der Waals surface area contributed by atoms with Gasteiger partial charge < -0.3 is 10.3 Å². The zero-order valence-electron chi connectivity index (χ0n) is 7.62. The third-order valence-corrected chi connectivity index (χ3v) is 2.42. The Hall–Kier alpha value is -1.48. The molecule has 3 nitrogen and oxygen atoms in total. The molecule has 1 aromatic heterocycles. The molecule has 2 rings (SSSR count). The van der Waals surface area contributed by atoms with Crippen LogP contribution in [0, 0.1) is 6.92 Å². The first-order valence-corrected chi connectivity index (χ1v) is 4.54. The Labute approximate surface area is 86.5 Å². The lowest BCUT2D eigenvalue weighted by Gasteiger charge is -1.99. The van der Waals surface area contributed by atoms with Gasteiger partial charge in [-0.2, -0.15) is 0 Å². The molecule has 0 atom stereocenters. The van der Waals surface area contributed by atoms with Crippen LogP contribution in [-0.2, 0) is 0 Å². The molecule has 0 aliphatic rings. The molecule has 0 unspecified atom stereocenters. The van der Waals surface area contributed by atoms with Gasteiger partial charge in [0.15, 0.2) is 0 Å². The van der Waals surface area contributed by atoms with Gasteiger partial charge in [-0.3, -0.25) is 0 Å². The third-order valence-electron chi connectivity index (χ3n) is 2.09. The minimum absolute atomic E-state index is 0.333. The van der Waals surface area contributed by atoms with Gasteiger partial charge in [0.2, 0.25) is 5.88 Å². The van der Waals surface area contributed by atoms with Crippen LogP contribution in [-0.4, -0.2) is 5.16 Å². The lowest BCUT2D eigenvalue weighted by atomic mass is 10.1. The Kier molecular flexibility index (Phi) is 2.17. The van der Waals surface area contributed by atoms with Crippen LogP contribution in [0.2, 0.25) is 5.02 Å². The van der Waals surface area contributed by atoms with Crippen molar-refractivity contribution in [1.82, 2.24) is 5.16 Å². The van der Waals surface area contributed by atoms with E-state index >= 15 is 0 Å². The molecule has 0 saturated carbocycles. The predicted molar refractivity (Wildman–Crippen MR) is 56.1 cm³/mol. The fraction of sp³-hybridized carbons (Fsp3) is 0.100. The summed E-state index contributed by atoms with van der Waals surface area (Å²) in [4.78, 5) is 0. The van der Waals surface area contributed by atoms with Crippen LogP contribution in [0.4, 0.5) is 5.88 Å². The molecule has 4 heteroatoms. The lowest BCUT2D eigenvalue weighted by Crippen LogP contribution is -1.85. The van der Waals surface area contributed by atoms with Gasteiger partial charge >= 0.3 is 0 Å². The molecule has 1 heterocycles. The lowest BCUT2D eigenvalue weighted by molar-refractivity contribution is 0.439. The second kappa shape index (κ2) is 3.35. The maximum absolute atomic E-state index is 6.02. The number of hydrogen-bond donors (Lipinski definition) is 1. The van der Waals surface area contributed by atoms with Crippen LogP contribution in [0.3, 0.4) is 0 Å². The van der Waals surface area contributed by atoms with Crippen molar-refractivity contribution in [2.75, 3.05) is 5.73 Å². The van der Waals surface area contributed by atoms with E-state index in [1.165, 1.54) is 0 Å². The quantitative estimate of drug-likeness (QED) is 0.784. The first-order chi connectivity index (χ1) is 6.70. The Morgan fingerprint density at radius 3 is 2.64 bits per heavy atom. The zero-order chi connectivity index (χ0) is 10.1. The summed E-state index contributed by atoms with van der Waals surface area (Å²) in [6.07, 6.45) is 0. The van der Waals surface area contributed by atoms with Gasteiger partial charge in [0, 0.05) is 11.1 Å². The van der Waals surface area contributed by atoms with Crippen molar-refractivity contribution >= 4 is 17.5 Å². The summed E-state index contributed by atoms with van der Waals surface area (Å²) in [5, 5.41) is 4.50. The maximum atomic E-state index is 6.02. The van der Waals surface area contributed by atoms with Crippen molar-refractivity contribution < 1.29 is 4.52 Å². The van der Waals surface area contributed by atoms with E-state index < -0.39 is 0 Å². The fourth-order valence-corrected chi connectivity index (χ4v) is 1.48. The molecule has 0 saturated heterocycles. The number of halogens is 1. The normalized spacial score (nSPS) is 10.4. The number of rotatable bonds is 1. The van der Waals surface area contributed by atoms with Crippen LogP contribution in [0.25, 0.3) is 11.3 Å². The van der Waals surface area contributed by atoms with E-state index in [9.17, 15) is 0 Å². The number of hydrogen-bond acceptors (Lipinski definition) is 3. The second-order valence-corrected chi connectivity index (χ2v) is 3.41. The minimum atomic E-state index is 0.333. The van der Waals surface area contributed by atoms with Crippen LogP contribution in [0.15, 0.2) is 28.8 Å². The van der Waals surface area contributed by atoms with Gasteiger partial charge in [0.05, 0.1) is 5.02 Å².